The van der Waals surface area contributed by atoms with E-state index in [1.165, 1.54) is 7.11 Å². The molecule has 0 spiro atoms. The molecule has 0 saturated heterocycles. The van der Waals surface area contributed by atoms with Crippen molar-refractivity contribution >= 4 is 46.1 Å². The van der Waals surface area contributed by atoms with E-state index in [1.807, 2.05) is 0 Å². The number of methoxy groups -OCH3 is 1. The molecule has 1 aromatic rings. The molecule has 0 atom stereocenters. The molecule has 0 unspecified atom stereocenters. The van der Waals surface area contributed by atoms with Crippen molar-refractivity contribution in [2.24, 2.45) is 0 Å². The second-order valence-corrected chi connectivity index (χ2v) is 6.41. The first kappa shape index (κ1) is 16.4. The second kappa shape index (κ2) is 6.83. The molecule has 114 valence electrons. The molecule has 1 amide bonds. The molecule has 1 N–H and O–H groups in total. The zero-order valence-corrected chi connectivity index (χ0v) is 14.3. The lowest BCUT2D eigenvalue weighted by Crippen LogP contribution is -2.35. The van der Waals surface area contributed by atoms with Crippen LogP contribution in [-0.2, 0) is 4.79 Å². The topological polar surface area (TPSA) is 66.8 Å². The van der Waals surface area contributed by atoms with Crippen molar-refractivity contribution in [2.45, 2.75) is 25.3 Å². The van der Waals surface area contributed by atoms with E-state index < -0.39 is 5.97 Å². The summed E-state index contributed by atoms with van der Waals surface area (Å²) in [4.78, 5) is 25.0. The van der Waals surface area contributed by atoms with Crippen molar-refractivity contribution in [2.75, 3.05) is 13.7 Å². The lowest BCUT2D eigenvalue weighted by Gasteiger charge is -2.23. The van der Waals surface area contributed by atoms with Crippen LogP contribution in [0.25, 0.3) is 0 Å². The van der Waals surface area contributed by atoms with Crippen molar-refractivity contribution in [3.63, 3.8) is 0 Å². The smallest absolute Gasteiger partial charge is 0.305 e. The van der Waals surface area contributed by atoms with Crippen LogP contribution < -0.4 is 4.74 Å². The van der Waals surface area contributed by atoms with Crippen LogP contribution in [0, 0.1) is 3.57 Å². The van der Waals surface area contributed by atoms with Gasteiger partial charge in [-0.15, -0.1) is 0 Å². The van der Waals surface area contributed by atoms with E-state index in [4.69, 9.17) is 21.4 Å². The molecule has 1 fully saturated rings. The zero-order valence-electron chi connectivity index (χ0n) is 11.4. The normalized spacial score (nSPS) is 13.9. The summed E-state index contributed by atoms with van der Waals surface area (Å²) in [6.07, 6.45) is 1.75. The van der Waals surface area contributed by atoms with E-state index in [9.17, 15) is 9.59 Å². The number of hydrogen-bond acceptors (Lipinski definition) is 3. The van der Waals surface area contributed by atoms with Gasteiger partial charge >= 0.3 is 5.97 Å². The lowest BCUT2D eigenvalue weighted by molar-refractivity contribution is -0.137. The summed E-state index contributed by atoms with van der Waals surface area (Å²) in [6.45, 7) is 0.200. The predicted octanol–water partition coefficient (Wildman–Crippen LogP) is 3.03. The molecule has 2 rings (SSSR count). The van der Waals surface area contributed by atoms with Gasteiger partial charge in [-0.25, -0.2) is 0 Å². The lowest BCUT2D eigenvalue weighted by atomic mass is 10.1. The Morgan fingerprint density at radius 1 is 1.48 bits per heavy atom. The van der Waals surface area contributed by atoms with Crippen molar-refractivity contribution < 1.29 is 19.4 Å². The summed E-state index contributed by atoms with van der Waals surface area (Å²) in [5.41, 5.74) is 0.375. The molecule has 0 bridgehead atoms. The van der Waals surface area contributed by atoms with E-state index in [0.29, 0.717) is 16.3 Å². The minimum atomic E-state index is -0.916. The van der Waals surface area contributed by atoms with Crippen LogP contribution >= 0.6 is 34.2 Å². The largest absolute Gasteiger partial charge is 0.496 e. The number of carboxylic acid groups (broad SMARTS) is 1. The highest BCUT2D eigenvalue weighted by Crippen LogP contribution is 2.33. The maximum Gasteiger partial charge on any atom is 0.305 e. The Balaban J connectivity index is 2.27. The van der Waals surface area contributed by atoms with Gasteiger partial charge in [-0.3, -0.25) is 9.59 Å². The number of hydrogen-bond donors (Lipinski definition) is 1. The Morgan fingerprint density at radius 2 is 2.14 bits per heavy atom. The molecule has 0 aromatic heterocycles. The number of carboxylic acids is 1. The highest BCUT2D eigenvalue weighted by atomic mass is 127. The Kier molecular flexibility index (Phi) is 5.32. The number of halogens is 2. The standard InChI is InChI=1S/C14H15ClINO4/c1-21-12-7-11(16)10(15)6-9(12)14(20)17(8-2-3-8)5-4-13(18)19/h6-8H,2-5H2,1H3,(H,18,19). The van der Waals surface area contributed by atoms with Crippen LogP contribution in [0.2, 0.25) is 5.02 Å². The fourth-order valence-corrected chi connectivity index (χ4v) is 2.67. The summed E-state index contributed by atoms with van der Waals surface area (Å²) in [5, 5.41) is 9.29. The van der Waals surface area contributed by atoms with E-state index >= 15 is 0 Å². The van der Waals surface area contributed by atoms with Crippen molar-refractivity contribution in [1.82, 2.24) is 4.90 Å². The Labute approximate surface area is 141 Å². The number of aliphatic carboxylic acids is 1. The van der Waals surface area contributed by atoms with Gasteiger partial charge in [-0.2, -0.15) is 0 Å². The van der Waals surface area contributed by atoms with Crippen molar-refractivity contribution in [1.29, 1.82) is 0 Å². The quantitative estimate of drug-likeness (QED) is 0.714. The first-order chi connectivity index (χ1) is 9.93. The van der Waals surface area contributed by atoms with Gasteiger partial charge < -0.3 is 14.7 Å². The maximum absolute atomic E-state index is 12.7. The van der Waals surface area contributed by atoms with Gasteiger partial charge in [0, 0.05) is 16.2 Å². The monoisotopic (exact) mass is 423 g/mol. The molecule has 7 heteroatoms. The number of amides is 1. The van der Waals surface area contributed by atoms with Crippen molar-refractivity contribution in [3.8, 4) is 5.75 Å². The number of nitrogens with zero attached hydrogens (tertiary/aromatic N) is 1. The molecule has 5 nitrogen and oxygen atoms in total. The van der Waals surface area contributed by atoms with Gasteiger partial charge in [0.15, 0.2) is 0 Å². The zero-order chi connectivity index (χ0) is 15.6. The predicted molar refractivity (Wildman–Crippen MR) is 87.0 cm³/mol. The summed E-state index contributed by atoms with van der Waals surface area (Å²) in [5.74, 6) is -0.690. The highest BCUT2D eigenvalue weighted by Gasteiger charge is 2.34. The summed E-state index contributed by atoms with van der Waals surface area (Å²) in [6, 6.07) is 3.42. The van der Waals surface area contributed by atoms with Crippen LogP contribution in [0.4, 0.5) is 0 Å². The molecule has 0 aliphatic heterocycles. The van der Waals surface area contributed by atoms with Crippen molar-refractivity contribution in [3.05, 3.63) is 26.3 Å². The van der Waals surface area contributed by atoms with Gasteiger partial charge in [0.25, 0.3) is 5.91 Å². The van der Waals surface area contributed by atoms with E-state index in [0.717, 1.165) is 16.4 Å². The third-order valence-electron chi connectivity index (χ3n) is 3.29. The average molecular weight is 424 g/mol. The van der Waals surface area contributed by atoms with Crippen LogP contribution in [0.1, 0.15) is 29.6 Å². The van der Waals surface area contributed by atoms with Gasteiger partial charge in [0.2, 0.25) is 0 Å². The number of carbonyl (C=O) groups is 2. The summed E-state index contributed by atoms with van der Waals surface area (Å²) >= 11 is 8.15. The second-order valence-electron chi connectivity index (χ2n) is 4.84. The molecule has 1 aromatic carbocycles. The molecule has 1 saturated carbocycles. The van der Waals surface area contributed by atoms with Gasteiger partial charge in [0.1, 0.15) is 5.75 Å². The van der Waals surface area contributed by atoms with E-state index in [-0.39, 0.29) is 24.9 Å². The third-order valence-corrected chi connectivity index (χ3v) is 4.81. The Hall–Kier alpha value is -1.02. The van der Waals surface area contributed by atoms with Gasteiger partial charge in [-0.05, 0) is 47.6 Å². The summed E-state index contributed by atoms with van der Waals surface area (Å²) < 4.78 is 6.05. The maximum atomic E-state index is 12.7. The van der Waals surface area contributed by atoms with Gasteiger partial charge in [0.05, 0.1) is 24.1 Å². The fraction of sp³-hybridized carbons (Fsp3) is 0.429. The molecule has 21 heavy (non-hydrogen) atoms. The third kappa shape index (κ3) is 4.00. The van der Waals surface area contributed by atoms with Crippen LogP contribution in [-0.4, -0.2) is 41.6 Å². The molecule has 0 heterocycles. The molecule has 1 aliphatic carbocycles. The number of benzene rings is 1. The van der Waals surface area contributed by atoms with Crippen LogP contribution in [0.15, 0.2) is 12.1 Å². The highest BCUT2D eigenvalue weighted by molar-refractivity contribution is 14.1. The summed E-state index contributed by atoms with van der Waals surface area (Å²) in [7, 11) is 1.49. The molecule has 1 aliphatic rings. The first-order valence-corrected chi connectivity index (χ1v) is 7.95. The average Bonchev–Trinajstić information content (AvgIpc) is 3.25. The van der Waals surface area contributed by atoms with Crippen LogP contribution in [0.3, 0.4) is 0 Å². The minimum absolute atomic E-state index is 0.0668. The SMILES string of the molecule is COc1cc(I)c(Cl)cc1C(=O)N(CCC(=O)O)C1CC1. The van der Waals surface area contributed by atoms with Gasteiger partial charge in [-0.1, -0.05) is 11.6 Å². The number of carbonyl (C=O) groups excluding carboxylic acids is 1. The Morgan fingerprint density at radius 3 is 2.67 bits per heavy atom. The molecule has 0 radical (unpaired) electrons. The first-order valence-electron chi connectivity index (χ1n) is 6.49. The van der Waals surface area contributed by atoms with E-state index in [2.05, 4.69) is 22.6 Å². The Bertz CT molecular complexity index is 574. The number of ether oxygens (including phenoxy) is 1. The molecular weight excluding hydrogens is 409 g/mol. The van der Waals surface area contributed by atoms with E-state index in [1.54, 1.807) is 17.0 Å². The molecular formula is C14H15ClINO4. The fourth-order valence-electron chi connectivity index (χ4n) is 2.07. The number of rotatable bonds is 6. The minimum Gasteiger partial charge on any atom is -0.496 e. The van der Waals surface area contributed by atoms with Crippen LogP contribution in [0.5, 0.6) is 5.75 Å².